The monoisotopic (exact) mass is 246 g/mol. The number of hydrogen-bond donors (Lipinski definition) is 1. The Kier molecular flexibility index (Phi) is 2.77. The van der Waals surface area contributed by atoms with Crippen LogP contribution in [0, 0.1) is 5.92 Å². The third-order valence-electron chi connectivity index (χ3n) is 4.36. The molecule has 0 saturated heterocycles. The fourth-order valence-electron chi connectivity index (χ4n) is 3.58. The van der Waals surface area contributed by atoms with Crippen LogP contribution in [0.2, 0.25) is 0 Å². The van der Waals surface area contributed by atoms with Gasteiger partial charge in [-0.05, 0) is 43.7 Å². The molecular formula is C15H18O3. The van der Waals surface area contributed by atoms with Crippen molar-refractivity contribution >= 4 is 6.29 Å². The molecule has 1 aliphatic heterocycles. The summed E-state index contributed by atoms with van der Waals surface area (Å²) < 4.78 is 5.83. The van der Waals surface area contributed by atoms with Gasteiger partial charge >= 0.3 is 0 Å². The molecule has 2 aliphatic rings. The highest BCUT2D eigenvalue weighted by atomic mass is 16.5. The van der Waals surface area contributed by atoms with Crippen molar-refractivity contribution in [2.75, 3.05) is 0 Å². The van der Waals surface area contributed by atoms with E-state index in [0.29, 0.717) is 24.0 Å². The lowest BCUT2D eigenvalue weighted by atomic mass is 9.72. The number of hydrogen-bond acceptors (Lipinski definition) is 3. The van der Waals surface area contributed by atoms with Gasteiger partial charge in [0.25, 0.3) is 0 Å². The lowest BCUT2D eigenvalue weighted by molar-refractivity contribution is -0.108. The number of carbonyl (C=O) groups is 1. The van der Waals surface area contributed by atoms with Crippen LogP contribution >= 0.6 is 0 Å². The van der Waals surface area contributed by atoms with Crippen LogP contribution in [0.3, 0.4) is 0 Å². The first-order valence-electron chi connectivity index (χ1n) is 6.67. The van der Waals surface area contributed by atoms with Crippen molar-refractivity contribution in [1.82, 2.24) is 0 Å². The van der Waals surface area contributed by atoms with Crippen LogP contribution in [0.1, 0.15) is 43.2 Å². The second-order valence-corrected chi connectivity index (χ2v) is 5.38. The molecular weight excluding hydrogens is 228 g/mol. The van der Waals surface area contributed by atoms with Crippen molar-refractivity contribution in [3.8, 4) is 11.5 Å². The normalized spacial score (nSPS) is 28.6. The van der Waals surface area contributed by atoms with Crippen LogP contribution < -0.4 is 4.74 Å². The summed E-state index contributed by atoms with van der Waals surface area (Å²) in [7, 11) is 0. The lowest BCUT2D eigenvalue weighted by Crippen LogP contribution is -2.26. The molecule has 1 heterocycles. The third-order valence-corrected chi connectivity index (χ3v) is 4.36. The summed E-state index contributed by atoms with van der Waals surface area (Å²) in [6.45, 7) is 2.06. The topological polar surface area (TPSA) is 46.5 Å². The number of rotatable bonds is 3. The number of benzene rings is 1. The van der Waals surface area contributed by atoms with Gasteiger partial charge < -0.3 is 14.6 Å². The van der Waals surface area contributed by atoms with Gasteiger partial charge in [0.1, 0.15) is 12.4 Å². The standard InChI is InChI=1S/C15H18O3/c1-9-13-10(3-2-8-16)4-5-11-6-7-12(17)15(18-9)14(11)13/h6-10,13,17H,2-5H2,1H3. The van der Waals surface area contributed by atoms with E-state index in [2.05, 4.69) is 6.92 Å². The maximum Gasteiger partial charge on any atom is 0.165 e. The first-order chi connectivity index (χ1) is 8.72. The molecule has 0 fully saturated rings. The number of aldehydes is 1. The molecule has 18 heavy (non-hydrogen) atoms. The van der Waals surface area contributed by atoms with E-state index in [4.69, 9.17) is 4.74 Å². The van der Waals surface area contributed by atoms with Crippen LogP contribution in [0.4, 0.5) is 0 Å². The molecule has 3 nitrogen and oxygen atoms in total. The Labute approximate surface area is 107 Å². The van der Waals surface area contributed by atoms with Gasteiger partial charge in [-0.2, -0.15) is 0 Å². The quantitative estimate of drug-likeness (QED) is 0.834. The van der Waals surface area contributed by atoms with Gasteiger partial charge in [-0.1, -0.05) is 6.07 Å². The maximum absolute atomic E-state index is 10.6. The van der Waals surface area contributed by atoms with Gasteiger partial charge in [-0.15, -0.1) is 0 Å². The highest BCUT2D eigenvalue weighted by Gasteiger charge is 2.42. The molecule has 0 saturated carbocycles. The summed E-state index contributed by atoms with van der Waals surface area (Å²) in [5.74, 6) is 1.77. The van der Waals surface area contributed by atoms with Gasteiger partial charge in [-0.3, -0.25) is 0 Å². The zero-order chi connectivity index (χ0) is 12.7. The van der Waals surface area contributed by atoms with Crippen LogP contribution in [-0.4, -0.2) is 17.5 Å². The van der Waals surface area contributed by atoms with Gasteiger partial charge in [0.05, 0.1) is 0 Å². The first-order valence-corrected chi connectivity index (χ1v) is 6.67. The Morgan fingerprint density at radius 1 is 1.50 bits per heavy atom. The molecule has 0 amide bonds. The molecule has 0 spiro atoms. The minimum atomic E-state index is 0.101. The van der Waals surface area contributed by atoms with E-state index in [1.54, 1.807) is 6.07 Å². The Balaban J connectivity index is 2.00. The van der Waals surface area contributed by atoms with Crippen molar-refractivity contribution in [1.29, 1.82) is 0 Å². The number of ether oxygens (including phenoxy) is 1. The van der Waals surface area contributed by atoms with E-state index < -0.39 is 0 Å². The third kappa shape index (κ3) is 1.61. The lowest BCUT2D eigenvalue weighted by Gasteiger charge is -2.31. The average molecular weight is 246 g/mol. The van der Waals surface area contributed by atoms with E-state index in [1.807, 2.05) is 6.07 Å². The Morgan fingerprint density at radius 2 is 2.33 bits per heavy atom. The molecule has 0 bridgehead atoms. The Bertz CT molecular complexity index is 481. The fraction of sp³-hybridized carbons (Fsp3) is 0.533. The summed E-state index contributed by atoms with van der Waals surface area (Å²) in [6, 6.07) is 3.74. The summed E-state index contributed by atoms with van der Waals surface area (Å²) in [5, 5.41) is 9.89. The molecule has 96 valence electrons. The number of carbonyl (C=O) groups excluding carboxylic acids is 1. The largest absolute Gasteiger partial charge is 0.504 e. The molecule has 1 aromatic rings. The maximum atomic E-state index is 10.6. The van der Waals surface area contributed by atoms with Gasteiger partial charge in [-0.25, -0.2) is 0 Å². The Morgan fingerprint density at radius 3 is 3.11 bits per heavy atom. The van der Waals surface area contributed by atoms with Gasteiger partial charge in [0, 0.05) is 17.9 Å². The highest BCUT2D eigenvalue weighted by Crippen LogP contribution is 2.53. The molecule has 3 heteroatoms. The zero-order valence-electron chi connectivity index (χ0n) is 10.6. The van der Waals surface area contributed by atoms with E-state index in [9.17, 15) is 9.90 Å². The van der Waals surface area contributed by atoms with Crippen molar-refractivity contribution in [2.24, 2.45) is 5.92 Å². The number of phenolic OH excluding ortho intramolecular Hbond substituents is 1. The molecule has 3 atom stereocenters. The predicted octanol–water partition coefficient (Wildman–Crippen LogP) is 2.80. The molecule has 3 rings (SSSR count). The van der Waals surface area contributed by atoms with Gasteiger partial charge in [0.2, 0.25) is 0 Å². The highest BCUT2D eigenvalue weighted by molar-refractivity contribution is 5.56. The molecule has 3 unspecified atom stereocenters. The van der Waals surface area contributed by atoms with E-state index >= 15 is 0 Å². The zero-order valence-corrected chi connectivity index (χ0v) is 10.6. The fourth-order valence-corrected chi connectivity index (χ4v) is 3.58. The van der Waals surface area contributed by atoms with E-state index in [1.165, 1.54) is 11.1 Å². The Hall–Kier alpha value is -1.51. The van der Waals surface area contributed by atoms with Crippen molar-refractivity contribution in [3.63, 3.8) is 0 Å². The second-order valence-electron chi connectivity index (χ2n) is 5.38. The summed E-state index contributed by atoms with van der Waals surface area (Å²) in [4.78, 5) is 10.6. The van der Waals surface area contributed by atoms with Crippen LogP contribution in [-0.2, 0) is 11.2 Å². The molecule has 0 radical (unpaired) electrons. The molecule has 1 aromatic carbocycles. The number of aryl methyl sites for hydroxylation is 1. The van der Waals surface area contributed by atoms with Crippen molar-refractivity contribution in [3.05, 3.63) is 23.3 Å². The van der Waals surface area contributed by atoms with Crippen LogP contribution in [0.25, 0.3) is 0 Å². The minimum absolute atomic E-state index is 0.101. The number of phenols is 1. The van der Waals surface area contributed by atoms with Crippen LogP contribution in [0.5, 0.6) is 11.5 Å². The first kappa shape index (κ1) is 11.6. The minimum Gasteiger partial charge on any atom is -0.504 e. The summed E-state index contributed by atoms with van der Waals surface area (Å²) in [5.41, 5.74) is 2.50. The average Bonchev–Trinajstić information content (AvgIpc) is 2.73. The van der Waals surface area contributed by atoms with Crippen molar-refractivity contribution in [2.45, 2.75) is 44.6 Å². The predicted molar refractivity (Wildman–Crippen MR) is 68.0 cm³/mol. The number of aromatic hydroxyl groups is 1. The molecule has 1 aliphatic carbocycles. The summed E-state index contributed by atoms with van der Waals surface area (Å²) >= 11 is 0. The van der Waals surface area contributed by atoms with Gasteiger partial charge in [0.15, 0.2) is 11.5 Å². The summed E-state index contributed by atoms with van der Waals surface area (Å²) in [6.07, 6.45) is 4.79. The van der Waals surface area contributed by atoms with Crippen molar-refractivity contribution < 1.29 is 14.6 Å². The van der Waals surface area contributed by atoms with E-state index in [0.717, 1.165) is 25.5 Å². The molecule has 1 N–H and O–H groups in total. The smallest absolute Gasteiger partial charge is 0.165 e. The van der Waals surface area contributed by atoms with Crippen LogP contribution in [0.15, 0.2) is 12.1 Å². The molecule has 0 aromatic heterocycles. The van der Waals surface area contributed by atoms with E-state index in [-0.39, 0.29) is 11.9 Å². The second kappa shape index (κ2) is 4.30. The SMILES string of the molecule is CC1Oc2c(O)ccc3c2C1C(CCC=O)CC3.